The maximum atomic E-state index is 6.45. The second-order valence-corrected chi connectivity index (χ2v) is 8.17. The third-order valence-electron chi connectivity index (χ3n) is 5.70. The first-order valence-corrected chi connectivity index (χ1v) is 11.8. The topological polar surface area (TPSA) is 62.8 Å². The predicted octanol–water partition coefficient (Wildman–Crippen LogP) is 5.90. The van der Waals surface area contributed by atoms with E-state index < -0.39 is 0 Å². The van der Waals surface area contributed by atoms with Crippen molar-refractivity contribution >= 4 is 41.5 Å². The Morgan fingerprint density at radius 2 is 1.85 bits per heavy atom. The van der Waals surface area contributed by atoms with E-state index in [1.165, 1.54) is 0 Å². The molecule has 3 aromatic rings. The maximum Gasteiger partial charge on any atom is 0.229 e. The summed E-state index contributed by atoms with van der Waals surface area (Å²) in [6.07, 6.45) is 2.46. The molecule has 2 aromatic carbocycles. The van der Waals surface area contributed by atoms with E-state index in [0.717, 1.165) is 43.1 Å². The van der Waals surface area contributed by atoms with Crippen molar-refractivity contribution in [3.8, 4) is 5.75 Å². The average molecular weight is 504 g/mol. The lowest BCUT2D eigenvalue weighted by Gasteiger charge is -2.24. The molecule has 0 spiro atoms. The first-order chi connectivity index (χ1) is 16.2. The van der Waals surface area contributed by atoms with Crippen LogP contribution in [-0.4, -0.2) is 47.7 Å². The number of likely N-dealkylation sites (N-methyl/N-ethyl adjacent to an activating group) is 1. The molecule has 1 saturated heterocycles. The highest BCUT2D eigenvalue weighted by Crippen LogP contribution is 2.37. The van der Waals surface area contributed by atoms with Crippen molar-refractivity contribution in [1.29, 1.82) is 0 Å². The van der Waals surface area contributed by atoms with Crippen LogP contribution in [0.4, 0.5) is 17.5 Å². The van der Waals surface area contributed by atoms with Crippen molar-refractivity contribution in [3.63, 3.8) is 0 Å². The molecule has 0 amide bonds. The van der Waals surface area contributed by atoms with Gasteiger partial charge < -0.3 is 15.0 Å². The van der Waals surface area contributed by atoms with Crippen molar-refractivity contribution in [3.05, 3.63) is 71.4 Å². The number of nitrogens with one attached hydrogen (secondary N) is 1. The summed E-state index contributed by atoms with van der Waals surface area (Å²) < 4.78 is 5.86. The number of hydroxylamine groups is 1. The highest BCUT2D eigenvalue weighted by molar-refractivity contribution is 6.32. The second kappa shape index (κ2) is 12.8. The number of hydrogen-bond donors (Lipinski definition) is 1. The number of ether oxygens (including phenoxy) is 1. The van der Waals surface area contributed by atoms with E-state index in [9.17, 15) is 0 Å². The minimum absolute atomic E-state index is 0. The van der Waals surface area contributed by atoms with Crippen molar-refractivity contribution in [2.24, 2.45) is 0 Å². The van der Waals surface area contributed by atoms with Gasteiger partial charge in [0.15, 0.2) is 5.82 Å². The summed E-state index contributed by atoms with van der Waals surface area (Å²) in [4.78, 5) is 17.2. The molecule has 7 nitrogen and oxygen atoms in total. The normalized spacial score (nSPS) is 15.3. The Labute approximate surface area is 212 Å². The van der Waals surface area contributed by atoms with Gasteiger partial charge in [-0.1, -0.05) is 55.8 Å². The zero-order valence-corrected chi connectivity index (χ0v) is 21.1. The zero-order valence-electron chi connectivity index (χ0n) is 19.5. The van der Waals surface area contributed by atoms with Gasteiger partial charge in [-0.15, -0.1) is 12.4 Å². The van der Waals surface area contributed by atoms with Crippen LogP contribution in [0.3, 0.4) is 0 Å². The van der Waals surface area contributed by atoms with Crippen LogP contribution in [0, 0.1) is 0 Å². The molecule has 4 rings (SSSR count). The summed E-state index contributed by atoms with van der Waals surface area (Å²) in [7, 11) is 0. The molecule has 2 heterocycles. The van der Waals surface area contributed by atoms with Gasteiger partial charge in [0.05, 0.1) is 18.8 Å². The van der Waals surface area contributed by atoms with Crippen LogP contribution < -0.4 is 15.1 Å². The van der Waals surface area contributed by atoms with Gasteiger partial charge in [-0.3, -0.25) is 4.84 Å². The third-order valence-corrected chi connectivity index (χ3v) is 5.97. The number of rotatable bonds is 10. The standard InChI is InChI=1S/C25H30ClN5O2.ClH/c1-3-30(4-2)15-17-32-21-12-10-20(11-13-21)28-25-27-18-22(26)24(29-25)31-23(14-16-33-31)19-8-6-5-7-9-19;/h5-13,18,23H,3-4,14-17H2,1-2H3,(H,27,28,29);1H. The lowest BCUT2D eigenvalue weighted by molar-refractivity contribution is 0.157. The van der Waals surface area contributed by atoms with E-state index in [1.807, 2.05) is 42.5 Å². The quantitative estimate of drug-likeness (QED) is 0.369. The van der Waals surface area contributed by atoms with E-state index in [4.69, 9.17) is 21.2 Å². The molecule has 34 heavy (non-hydrogen) atoms. The molecule has 1 aromatic heterocycles. The first kappa shape index (κ1) is 26.0. The average Bonchev–Trinajstić information content (AvgIpc) is 3.34. The molecule has 1 N–H and O–H groups in total. The second-order valence-electron chi connectivity index (χ2n) is 7.76. The molecule has 182 valence electrons. The molecular formula is C25H31Cl2N5O2. The minimum Gasteiger partial charge on any atom is -0.492 e. The van der Waals surface area contributed by atoms with Gasteiger partial charge in [-0.05, 0) is 42.9 Å². The Bertz CT molecular complexity index is 1020. The van der Waals surface area contributed by atoms with Crippen molar-refractivity contribution in [2.45, 2.75) is 26.3 Å². The molecule has 1 fully saturated rings. The van der Waals surface area contributed by atoms with E-state index in [-0.39, 0.29) is 18.4 Å². The zero-order chi connectivity index (χ0) is 23.0. The number of benzene rings is 2. The largest absolute Gasteiger partial charge is 0.492 e. The fourth-order valence-electron chi connectivity index (χ4n) is 3.82. The SMILES string of the molecule is CCN(CC)CCOc1ccc(Nc2ncc(Cl)c(N3OCCC3c3ccccc3)n2)cc1.Cl. The van der Waals surface area contributed by atoms with Crippen LogP contribution in [-0.2, 0) is 4.84 Å². The molecule has 0 aliphatic carbocycles. The van der Waals surface area contributed by atoms with Crippen LogP contribution in [0.1, 0.15) is 31.9 Å². The van der Waals surface area contributed by atoms with Crippen LogP contribution >= 0.6 is 24.0 Å². The Balaban J connectivity index is 0.00000324. The van der Waals surface area contributed by atoms with Crippen LogP contribution in [0.15, 0.2) is 60.8 Å². The molecule has 1 unspecified atom stereocenters. The number of anilines is 3. The highest BCUT2D eigenvalue weighted by Gasteiger charge is 2.30. The van der Waals surface area contributed by atoms with Crippen LogP contribution in [0.25, 0.3) is 0 Å². The predicted molar refractivity (Wildman–Crippen MR) is 140 cm³/mol. The summed E-state index contributed by atoms with van der Waals surface area (Å²) in [5, 5.41) is 5.48. The summed E-state index contributed by atoms with van der Waals surface area (Å²) in [5.41, 5.74) is 2.03. The minimum atomic E-state index is 0. The van der Waals surface area contributed by atoms with Crippen LogP contribution in [0.2, 0.25) is 5.02 Å². The fourth-order valence-corrected chi connectivity index (χ4v) is 4.00. The molecule has 0 radical (unpaired) electrons. The summed E-state index contributed by atoms with van der Waals surface area (Å²) in [6.45, 7) is 8.56. The van der Waals surface area contributed by atoms with Gasteiger partial charge >= 0.3 is 0 Å². The monoisotopic (exact) mass is 503 g/mol. The van der Waals surface area contributed by atoms with Gasteiger partial charge in [0, 0.05) is 18.7 Å². The summed E-state index contributed by atoms with van der Waals surface area (Å²) in [6, 6.07) is 18.1. The lowest BCUT2D eigenvalue weighted by Crippen LogP contribution is -2.27. The number of nitrogens with zero attached hydrogens (tertiary/aromatic N) is 4. The van der Waals surface area contributed by atoms with Gasteiger partial charge in [-0.2, -0.15) is 4.98 Å². The van der Waals surface area contributed by atoms with Crippen LogP contribution in [0.5, 0.6) is 5.75 Å². The Morgan fingerprint density at radius 3 is 2.56 bits per heavy atom. The molecule has 1 aliphatic heterocycles. The van der Waals surface area contributed by atoms with Gasteiger partial charge in [0.25, 0.3) is 0 Å². The molecule has 1 aliphatic rings. The Kier molecular flexibility index (Phi) is 9.77. The summed E-state index contributed by atoms with van der Waals surface area (Å²) >= 11 is 6.45. The summed E-state index contributed by atoms with van der Waals surface area (Å²) in [5.74, 6) is 1.84. The number of aromatic nitrogens is 2. The van der Waals surface area contributed by atoms with E-state index in [0.29, 0.717) is 30.0 Å². The van der Waals surface area contributed by atoms with E-state index in [2.05, 4.69) is 46.2 Å². The van der Waals surface area contributed by atoms with E-state index >= 15 is 0 Å². The van der Waals surface area contributed by atoms with Gasteiger partial charge in [-0.25, -0.2) is 10.0 Å². The fraction of sp³-hybridized carbons (Fsp3) is 0.360. The first-order valence-electron chi connectivity index (χ1n) is 11.4. The number of hydrogen-bond acceptors (Lipinski definition) is 7. The lowest BCUT2D eigenvalue weighted by atomic mass is 10.0. The molecule has 0 bridgehead atoms. The molecular weight excluding hydrogens is 473 g/mol. The van der Waals surface area contributed by atoms with Crippen molar-refractivity contribution in [2.75, 3.05) is 43.2 Å². The van der Waals surface area contributed by atoms with E-state index in [1.54, 1.807) is 11.3 Å². The third kappa shape index (κ3) is 6.51. The molecule has 9 heteroatoms. The van der Waals surface area contributed by atoms with Gasteiger partial charge in [0.2, 0.25) is 5.95 Å². The Hall–Kier alpha value is -2.58. The Morgan fingerprint density at radius 1 is 1.12 bits per heavy atom. The van der Waals surface area contributed by atoms with Gasteiger partial charge in [0.1, 0.15) is 17.4 Å². The number of halogens is 2. The van der Waals surface area contributed by atoms with Crippen molar-refractivity contribution < 1.29 is 9.57 Å². The highest BCUT2D eigenvalue weighted by atomic mass is 35.5. The van der Waals surface area contributed by atoms with Crippen molar-refractivity contribution in [1.82, 2.24) is 14.9 Å². The molecule has 0 saturated carbocycles. The smallest absolute Gasteiger partial charge is 0.229 e. The maximum absolute atomic E-state index is 6.45. The molecule has 1 atom stereocenters.